The number of carbonyl (C=O) groups excluding carboxylic acids is 1. The third kappa shape index (κ3) is 2.03. The van der Waals surface area contributed by atoms with Gasteiger partial charge >= 0.3 is 0 Å². The molecule has 0 amide bonds. The molecule has 142 valence electrons. The van der Waals surface area contributed by atoms with Gasteiger partial charge in [-0.2, -0.15) is 0 Å². The Bertz CT molecular complexity index is 885. The largest absolute Gasteiger partial charge is 0.390 e. The third-order valence-electron chi connectivity index (χ3n) is 7.55. The topological polar surface area (TPSA) is 71.4 Å². The van der Waals surface area contributed by atoms with Crippen LogP contribution >= 0.6 is 0 Å². The number of sulfone groups is 1. The van der Waals surface area contributed by atoms with Crippen molar-refractivity contribution in [2.24, 2.45) is 22.7 Å². The molecule has 0 heterocycles. The average molecular weight is 380 g/mol. The van der Waals surface area contributed by atoms with Crippen LogP contribution in [0.2, 0.25) is 0 Å². The number of hydrogen-bond acceptors (Lipinski definition) is 4. The molecule has 4 rings (SSSR count). The molecule has 0 bridgehead atoms. The van der Waals surface area contributed by atoms with Gasteiger partial charge < -0.3 is 5.11 Å². The fraction of sp³-hybridized carbons (Fsp3) is 0.650. The predicted molar refractivity (Wildman–Crippen MR) is 96.7 cm³/mol. The van der Waals surface area contributed by atoms with Crippen LogP contribution in [0.3, 0.4) is 0 Å². The summed E-state index contributed by atoms with van der Waals surface area (Å²) in [5.74, 6) is -0.756. The second kappa shape index (κ2) is 5.16. The lowest BCUT2D eigenvalue weighted by Crippen LogP contribution is -2.66. The first-order valence-electron chi connectivity index (χ1n) is 9.16. The van der Waals surface area contributed by atoms with Gasteiger partial charge in [0, 0.05) is 27.9 Å². The van der Waals surface area contributed by atoms with Crippen molar-refractivity contribution in [3.8, 4) is 0 Å². The fourth-order valence-corrected chi connectivity index (χ4v) is 7.80. The maximum absolute atomic E-state index is 16.7. The number of halogens is 1. The molecule has 0 saturated heterocycles. The molecule has 0 aromatic heterocycles. The highest BCUT2D eigenvalue weighted by molar-refractivity contribution is 7.94. The summed E-state index contributed by atoms with van der Waals surface area (Å²) < 4.78 is 41.2. The highest BCUT2D eigenvalue weighted by Crippen LogP contribution is 2.68. The molecule has 26 heavy (non-hydrogen) atoms. The summed E-state index contributed by atoms with van der Waals surface area (Å²) in [6.45, 7) is 3.62. The summed E-state index contributed by atoms with van der Waals surface area (Å²) >= 11 is 0. The summed E-state index contributed by atoms with van der Waals surface area (Å²) in [6.07, 6.45) is 7.84. The third-order valence-corrected chi connectivity index (χ3v) is 8.98. The SMILES string of the molecule is C[C@]12C=CC(=O)C=C1CC[C@H]1[C@@H]3CC=C(S(C)(=O)=O)[C@@]3(C)C[C@H](O)C12F. The predicted octanol–water partition coefficient (Wildman–Crippen LogP) is 2.90. The highest BCUT2D eigenvalue weighted by atomic mass is 32.2. The fourth-order valence-electron chi connectivity index (χ4n) is 6.32. The number of fused-ring (bicyclic) bond motifs is 5. The number of carbonyl (C=O) groups is 1. The van der Waals surface area contributed by atoms with E-state index in [1.807, 2.05) is 6.92 Å². The van der Waals surface area contributed by atoms with Crippen LogP contribution in [-0.4, -0.2) is 37.3 Å². The van der Waals surface area contributed by atoms with Crippen LogP contribution < -0.4 is 0 Å². The average Bonchev–Trinajstić information content (AvgIpc) is 2.86. The van der Waals surface area contributed by atoms with Gasteiger partial charge in [-0.1, -0.05) is 24.6 Å². The van der Waals surface area contributed by atoms with E-state index < -0.39 is 38.4 Å². The smallest absolute Gasteiger partial charge is 0.178 e. The van der Waals surface area contributed by atoms with Gasteiger partial charge in [0.15, 0.2) is 21.3 Å². The van der Waals surface area contributed by atoms with E-state index in [-0.39, 0.29) is 18.1 Å². The minimum Gasteiger partial charge on any atom is -0.390 e. The van der Waals surface area contributed by atoms with Crippen LogP contribution in [0.1, 0.15) is 39.5 Å². The molecule has 2 fully saturated rings. The molecule has 4 nitrogen and oxygen atoms in total. The molecule has 4 aliphatic rings. The van der Waals surface area contributed by atoms with Crippen LogP contribution in [0.4, 0.5) is 4.39 Å². The van der Waals surface area contributed by atoms with E-state index in [0.717, 1.165) is 5.57 Å². The van der Waals surface area contributed by atoms with Crippen molar-refractivity contribution < 1.29 is 22.7 Å². The van der Waals surface area contributed by atoms with Gasteiger partial charge in [-0.25, -0.2) is 12.8 Å². The van der Waals surface area contributed by atoms with Gasteiger partial charge in [0.25, 0.3) is 0 Å². The Hall–Kier alpha value is -1.27. The van der Waals surface area contributed by atoms with Gasteiger partial charge in [-0.15, -0.1) is 0 Å². The lowest BCUT2D eigenvalue weighted by atomic mass is 9.46. The van der Waals surface area contributed by atoms with E-state index in [0.29, 0.717) is 24.2 Å². The summed E-state index contributed by atoms with van der Waals surface area (Å²) in [6, 6.07) is 0. The second-order valence-corrected chi connectivity index (χ2v) is 10.8. The van der Waals surface area contributed by atoms with Gasteiger partial charge in [0.1, 0.15) is 0 Å². The summed E-state index contributed by atoms with van der Waals surface area (Å²) in [5, 5.41) is 11.0. The number of aliphatic hydroxyl groups is 1. The number of alkyl halides is 1. The van der Waals surface area contributed by atoms with Crippen LogP contribution in [0.15, 0.2) is 34.8 Å². The summed E-state index contributed by atoms with van der Waals surface area (Å²) in [4.78, 5) is 12.1. The quantitative estimate of drug-likeness (QED) is 0.759. The van der Waals surface area contributed by atoms with Crippen molar-refractivity contribution >= 4 is 15.6 Å². The van der Waals surface area contributed by atoms with Crippen LogP contribution in [0.5, 0.6) is 0 Å². The second-order valence-electron chi connectivity index (χ2n) is 8.84. The van der Waals surface area contributed by atoms with Crippen molar-refractivity contribution in [1.29, 1.82) is 0 Å². The molecule has 6 heteroatoms. The first-order valence-corrected chi connectivity index (χ1v) is 11.1. The van der Waals surface area contributed by atoms with Crippen LogP contribution in [0, 0.1) is 22.7 Å². The monoisotopic (exact) mass is 380 g/mol. The molecule has 0 spiro atoms. The van der Waals surface area contributed by atoms with E-state index >= 15 is 4.39 Å². The minimum absolute atomic E-state index is 0.0776. The molecule has 0 aromatic rings. The van der Waals surface area contributed by atoms with E-state index in [1.54, 1.807) is 19.1 Å². The van der Waals surface area contributed by atoms with Crippen molar-refractivity contribution in [1.82, 2.24) is 0 Å². The molecule has 2 saturated carbocycles. The molecule has 0 aliphatic heterocycles. The zero-order valence-electron chi connectivity index (χ0n) is 15.3. The maximum Gasteiger partial charge on any atom is 0.178 e. The normalized spacial score (nSPS) is 47.6. The molecule has 0 radical (unpaired) electrons. The van der Waals surface area contributed by atoms with Gasteiger partial charge in [0.2, 0.25) is 0 Å². The number of allylic oxidation sites excluding steroid dienone is 6. The van der Waals surface area contributed by atoms with E-state index in [4.69, 9.17) is 0 Å². The lowest BCUT2D eigenvalue weighted by Gasteiger charge is -2.61. The van der Waals surface area contributed by atoms with Crippen LogP contribution in [-0.2, 0) is 14.6 Å². The summed E-state index contributed by atoms with van der Waals surface area (Å²) in [7, 11) is -3.40. The Morgan fingerprint density at radius 2 is 1.96 bits per heavy atom. The molecule has 1 unspecified atom stereocenters. The van der Waals surface area contributed by atoms with E-state index in [9.17, 15) is 18.3 Å². The summed E-state index contributed by atoms with van der Waals surface area (Å²) in [5.41, 5.74) is -2.93. The Kier molecular flexibility index (Phi) is 3.60. The minimum atomic E-state index is -3.40. The number of hydrogen-bond donors (Lipinski definition) is 1. The van der Waals surface area contributed by atoms with Crippen molar-refractivity contribution in [2.75, 3.05) is 6.26 Å². The highest BCUT2D eigenvalue weighted by Gasteiger charge is 2.69. The van der Waals surface area contributed by atoms with Crippen LogP contribution in [0.25, 0.3) is 0 Å². The molecule has 0 aromatic carbocycles. The van der Waals surface area contributed by atoms with Crippen molar-refractivity contribution in [3.63, 3.8) is 0 Å². The van der Waals surface area contributed by atoms with Gasteiger partial charge in [-0.3, -0.25) is 4.79 Å². The molecular formula is C20H25FO4S. The number of ketones is 1. The van der Waals surface area contributed by atoms with Gasteiger partial charge in [-0.05, 0) is 50.7 Å². The van der Waals surface area contributed by atoms with E-state index in [2.05, 4.69) is 0 Å². The number of aliphatic hydroxyl groups excluding tert-OH is 1. The molecule has 6 atom stereocenters. The molecule has 1 N–H and O–H groups in total. The molecular weight excluding hydrogens is 355 g/mol. The lowest BCUT2D eigenvalue weighted by molar-refractivity contribution is -0.184. The first-order chi connectivity index (χ1) is 11.9. The van der Waals surface area contributed by atoms with Crippen molar-refractivity contribution in [2.45, 2.75) is 51.3 Å². The molecule has 4 aliphatic carbocycles. The Labute approximate surface area is 153 Å². The Morgan fingerprint density at radius 3 is 2.62 bits per heavy atom. The zero-order valence-corrected chi connectivity index (χ0v) is 16.1. The Balaban J connectivity index is 1.83. The number of rotatable bonds is 1. The Morgan fingerprint density at radius 1 is 1.27 bits per heavy atom. The van der Waals surface area contributed by atoms with Crippen molar-refractivity contribution in [3.05, 3.63) is 34.8 Å². The maximum atomic E-state index is 16.7. The standard InChI is InChI=1S/C20H25FO4S/c1-18-11-16(23)20(21)15(14(18)6-7-17(18)26(3,24)25)5-4-12-10-13(22)8-9-19(12,20)2/h7-10,14-16,23H,4-6,11H2,1-3H3/t14-,15-,16-,18-,19-,20?/m0/s1. The van der Waals surface area contributed by atoms with E-state index in [1.165, 1.54) is 18.4 Å². The zero-order chi connectivity index (χ0) is 19.1. The van der Waals surface area contributed by atoms with Gasteiger partial charge in [0.05, 0.1) is 6.10 Å². The first kappa shape index (κ1) is 18.1.